The molecule has 130 valence electrons. The van der Waals surface area contributed by atoms with Gasteiger partial charge in [-0.05, 0) is 6.92 Å². The summed E-state index contributed by atoms with van der Waals surface area (Å²) in [5.74, 6) is -0.406. The largest absolute Gasteiger partial charge is 0.463 e. The van der Waals surface area contributed by atoms with Crippen LogP contribution in [0.25, 0.3) is 11.2 Å². The van der Waals surface area contributed by atoms with Gasteiger partial charge in [0.1, 0.15) is 24.5 Å². The van der Waals surface area contributed by atoms with Gasteiger partial charge in [0.25, 0.3) is 0 Å². The van der Waals surface area contributed by atoms with Gasteiger partial charge in [0.2, 0.25) is 5.95 Å². The van der Waals surface area contributed by atoms with Crippen LogP contribution >= 0.6 is 0 Å². The number of hydrogen-bond donors (Lipinski definition) is 2. The Hall–Kier alpha value is -2.26. The number of carbonyl (C=O) groups is 1. The molecule has 2 aromatic heterocycles. The number of aromatic nitrogens is 4. The van der Waals surface area contributed by atoms with E-state index < -0.39 is 18.4 Å². The van der Waals surface area contributed by atoms with Gasteiger partial charge in [0.05, 0.1) is 18.1 Å². The number of esters is 1. The highest BCUT2D eigenvalue weighted by Gasteiger charge is 2.43. The summed E-state index contributed by atoms with van der Waals surface area (Å²) >= 11 is 0. The van der Waals surface area contributed by atoms with Gasteiger partial charge < -0.3 is 20.3 Å². The Bertz CT molecular complexity index is 762. The number of rotatable bonds is 4. The molecule has 0 unspecified atom stereocenters. The van der Waals surface area contributed by atoms with Gasteiger partial charge in [-0.3, -0.25) is 9.36 Å². The zero-order valence-corrected chi connectivity index (χ0v) is 13.8. The van der Waals surface area contributed by atoms with Crippen LogP contribution in [-0.4, -0.2) is 49.4 Å². The first kappa shape index (κ1) is 16.6. The molecule has 0 spiro atoms. The Labute approximate surface area is 138 Å². The first-order chi connectivity index (χ1) is 11.4. The Balaban J connectivity index is 1.86. The lowest BCUT2D eigenvalue weighted by Gasteiger charge is -2.17. The van der Waals surface area contributed by atoms with Crippen molar-refractivity contribution in [2.24, 2.45) is 5.92 Å². The standard InChI is InChI=1S/C15H21N5O4/c1-4-10(21)23-5-9-12(22)7(2)14(24-9)20-6-17-11-8(3)18-15(16)19-13(11)20/h6-7,9,12,14,22H,4-5H2,1-3H3,(H2,16,18,19)/t7-,9+,12-,14+/m0/s1. The van der Waals surface area contributed by atoms with Crippen molar-refractivity contribution >= 4 is 23.1 Å². The number of aryl methyl sites for hydroxylation is 1. The van der Waals surface area contributed by atoms with Gasteiger partial charge in [-0.1, -0.05) is 13.8 Å². The van der Waals surface area contributed by atoms with Crippen LogP contribution in [0.4, 0.5) is 5.95 Å². The number of anilines is 1. The van der Waals surface area contributed by atoms with E-state index in [1.54, 1.807) is 24.7 Å². The molecular weight excluding hydrogens is 314 g/mol. The summed E-state index contributed by atoms with van der Waals surface area (Å²) in [5, 5.41) is 10.4. The van der Waals surface area contributed by atoms with Crippen molar-refractivity contribution in [2.75, 3.05) is 12.3 Å². The molecular formula is C15H21N5O4. The summed E-state index contributed by atoms with van der Waals surface area (Å²) in [7, 11) is 0. The van der Waals surface area contributed by atoms with Crippen LogP contribution in [0.2, 0.25) is 0 Å². The van der Waals surface area contributed by atoms with Crippen molar-refractivity contribution in [3.63, 3.8) is 0 Å². The molecule has 1 aliphatic heterocycles. The molecule has 0 saturated carbocycles. The number of aliphatic hydroxyl groups is 1. The maximum atomic E-state index is 11.3. The van der Waals surface area contributed by atoms with Crippen LogP contribution in [0.5, 0.6) is 0 Å². The van der Waals surface area contributed by atoms with Crippen LogP contribution in [0, 0.1) is 12.8 Å². The highest BCUT2D eigenvalue weighted by molar-refractivity contribution is 5.74. The summed E-state index contributed by atoms with van der Waals surface area (Å²) in [4.78, 5) is 23.9. The van der Waals surface area contributed by atoms with Crippen molar-refractivity contribution < 1.29 is 19.4 Å². The fourth-order valence-electron chi connectivity index (χ4n) is 2.89. The molecule has 3 rings (SSSR count). The second-order valence-corrected chi connectivity index (χ2v) is 5.94. The average Bonchev–Trinajstić information content (AvgIpc) is 3.08. The Morgan fingerprint density at radius 2 is 2.25 bits per heavy atom. The van der Waals surface area contributed by atoms with Gasteiger partial charge in [-0.15, -0.1) is 0 Å². The minimum atomic E-state index is -0.766. The number of nitrogen functional groups attached to an aromatic ring is 1. The van der Waals surface area contributed by atoms with E-state index >= 15 is 0 Å². The molecule has 0 amide bonds. The van der Waals surface area contributed by atoms with E-state index in [4.69, 9.17) is 15.2 Å². The lowest BCUT2D eigenvalue weighted by Crippen LogP contribution is -2.30. The van der Waals surface area contributed by atoms with Crippen molar-refractivity contribution in [3.05, 3.63) is 12.0 Å². The molecule has 0 aliphatic carbocycles. The minimum absolute atomic E-state index is 0.0114. The number of nitrogens with zero attached hydrogens (tertiary/aromatic N) is 4. The van der Waals surface area contributed by atoms with E-state index in [0.717, 1.165) is 0 Å². The number of carbonyl (C=O) groups excluding carboxylic acids is 1. The topological polar surface area (TPSA) is 125 Å². The second-order valence-electron chi connectivity index (χ2n) is 5.94. The number of imidazole rings is 1. The van der Waals surface area contributed by atoms with E-state index in [9.17, 15) is 9.90 Å². The summed E-state index contributed by atoms with van der Waals surface area (Å²) in [6.07, 6.45) is 0.0310. The molecule has 1 saturated heterocycles. The molecule has 0 aromatic carbocycles. The Morgan fingerprint density at radius 3 is 2.96 bits per heavy atom. The first-order valence-corrected chi connectivity index (χ1v) is 7.88. The van der Waals surface area contributed by atoms with Crippen molar-refractivity contribution in [2.45, 2.75) is 45.6 Å². The van der Waals surface area contributed by atoms with Gasteiger partial charge in [-0.25, -0.2) is 9.97 Å². The summed E-state index contributed by atoms with van der Waals surface area (Å²) in [6, 6.07) is 0. The monoisotopic (exact) mass is 335 g/mol. The molecule has 2 aromatic rings. The van der Waals surface area contributed by atoms with Crippen LogP contribution < -0.4 is 5.73 Å². The Kier molecular flexibility index (Phi) is 4.37. The predicted molar refractivity (Wildman–Crippen MR) is 84.8 cm³/mol. The lowest BCUT2D eigenvalue weighted by molar-refractivity contribution is -0.149. The molecule has 1 aliphatic rings. The van der Waals surface area contributed by atoms with Gasteiger partial charge in [0, 0.05) is 12.3 Å². The van der Waals surface area contributed by atoms with E-state index in [0.29, 0.717) is 16.9 Å². The van der Waals surface area contributed by atoms with Crippen molar-refractivity contribution in [3.8, 4) is 0 Å². The molecule has 1 fully saturated rings. The predicted octanol–water partition coefficient (Wildman–Crippen LogP) is 0.565. The third-order valence-electron chi connectivity index (χ3n) is 4.27. The van der Waals surface area contributed by atoms with Gasteiger partial charge >= 0.3 is 5.97 Å². The number of nitrogens with two attached hydrogens (primary N) is 1. The third kappa shape index (κ3) is 2.80. The zero-order valence-electron chi connectivity index (χ0n) is 13.8. The smallest absolute Gasteiger partial charge is 0.305 e. The number of aliphatic hydroxyl groups excluding tert-OH is 1. The maximum Gasteiger partial charge on any atom is 0.305 e. The summed E-state index contributed by atoms with van der Waals surface area (Å²) < 4.78 is 12.7. The third-order valence-corrected chi connectivity index (χ3v) is 4.27. The first-order valence-electron chi connectivity index (χ1n) is 7.88. The molecule has 9 heteroatoms. The van der Waals surface area contributed by atoms with E-state index in [1.165, 1.54) is 0 Å². The summed E-state index contributed by atoms with van der Waals surface area (Å²) in [5.41, 5.74) is 7.59. The SMILES string of the molecule is CCC(=O)OC[C@H]1O[C@@H](n2cnc3c(C)nc(N)nc32)[C@@H](C)[C@@H]1O. The van der Waals surface area contributed by atoms with Crippen LogP contribution in [0.1, 0.15) is 32.2 Å². The Morgan fingerprint density at radius 1 is 1.50 bits per heavy atom. The molecule has 9 nitrogen and oxygen atoms in total. The van der Waals surface area contributed by atoms with E-state index in [1.807, 2.05) is 6.92 Å². The van der Waals surface area contributed by atoms with E-state index in [-0.39, 0.29) is 30.9 Å². The maximum absolute atomic E-state index is 11.3. The van der Waals surface area contributed by atoms with E-state index in [2.05, 4.69) is 15.0 Å². The highest BCUT2D eigenvalue weighted by atomic mass is 16.6. The molecule has 3 heterocycles. The number of fused-ring (bicyclic) bond motifs is 1. The van der Waals surface area contributed by atoms with Crippen molar-refractivity contribution in [1.29, 1.82) is 0 Å². The second kappa shape index (κ2) is 6.33. The summed E-state index contributed by atoms with van der Waals surface area (Å²) in [6.45, 7) is 5.39. The fourth-order valence-corrected chi connectivity index (χ4v) is 2.89. The molecule has 4 atom stereocenters. The zero-order chi connectivity index (χ0) is 17.4. The number of hydrogen-bond acceptors (Lipinski definition) is 8. The molecule has 3 N–H and O–H groups in total. The normalized spacial score (nSPS) is 26.8. The van der Waals surface area contributed by atoms with Gasteiger partial charge in [-0.2, -0.15) is 4.98 Å². The average molecular weight is 335 g/mol. The van der Waals surface area contributed by atoms with Crippen LogP contribution in [0.15, 0.2) is 6.33 Å². The van der Waals surface area contributed by atoms with Crippen LogP contribution in [0.3, 0.4) is 0 Å². The van der Waals surface area contributed by atoms with Crippen LogP contribution in [-0.2, 0) is 14.3 Å². The molecule has 24 heavy (non-hydrogen) atoms. The fraction of sp³-hybridized carbons (Fsp3) is 0.600. The quantitative estimate of drug-likeness (QED) is 0.777. The molecule has 0 radical (unpaired) electrons. The minimum Gasteiger partial charge on any atom is -0.463 e. The number of ether oxygens (including phenoxy) is 2. The highest BCUT2D eigenvalue weighted by Crippen LogP contribution is 2.36. The molecule has 0 bridgehead atoms. The van der Waals surface area contributed by atoms with Gasteiger partial charge in [0.15, 0.2) is 5.65 Å². The lowest BCUT2D eigenvalue weighted by atomic mass is 10.0. The van der Waals surface area contributed by atoms with Crippen molar-refractivity contribution in [1.82, 2.24) is 19.5 Å².